The first-order valence-corrected chi connectivity index (χ1v) is 9.52. The van der Waals surface area contributed by atoms with Crippen LogP contribution < -0.4 is 5.32 Å². The van der Waals surface area contributed by atoms with Gasteiger partial charge in [-0.1, -0.05) is 12.1 Å². The van der Waals surface area contributed by atoms with Crippen LogP contribution in [0.3, 0.4) is 0 Å². The molecule has 1 saturated heterocycles. The number of nitrogens with zero attached hydrogens (tertiary/aromatic N) is 2. The van der Waals surface area contributed by atoms with Crippen molar-refractivity contribution in [3.05, 3.63) is 42.2 Å². The van der Waals surface area contributed by atoms with Crippen LogP contribution in [0.1, 0.15) is 23.2 Å². The number of hydrogen-bond donors (Lipinski definition) is 2. The number of carbonyl (C=O) groups is 1. The molecule has 24 heavy (non-hydrogen) atoms. The van der Waals surface area contributed by atoms with Gasteiger partial charge in [0.1, 0.15) is 0 Å². The first kappa shape index (κ1) is 16.7. The van der Waals surface area contributed by atoms with Crippen LogP contribution in [0, 0.1) is 0 Å². The average molecular weight is 348 g/mol. The minimum Gasteiger partial charge on any atom is -0.351 e. The average Bonchev–Trinajstić information content (AvgIpc) is 3.28. The third-order valence-corrected chi connectivity index (χ3v) is 5.93. The molecule has 1 aromatic carbocycles. The Labute approximate surface area is 141 Å². The molecule has 2 aromatic rings. The number of nitrogens with one attached hydrogen (secondary N) is 2. The molecular formula is C16H20N4O3S. The van der Waals surface area contributed by atoms with E-state index in [1.54, 1.807) is 30.6 Å². The highest BCUT2D eigenvalue weighted by Gasteiger charge is 2.24. The maximum absolute atomic E-state index is 12.2. The molecule has 2 heterocycles. The summed E-state index contributed by atoms with van der Waals surface area (Å²) in [6.07, 6.45) is 5.25. The second kappa shape index (κ2) is 7.14. The SMILES string of the molecule is O=C(NCCS(=O)(=O)N1CCCC1)c1cccc(-c2cn[nH]c2)c1. The largest absolute Gasteiger partial charge is 0.351 e. The van der Waals surface area contributed by atoms with Gasteiger partial charge in [-0.2, -0.15) is 5.10 Å². The van der Waals surface area contributed by atoms with Gasteiger partial charge >= 0.3 is 0 Å². The summed E-state index contributed by atoms with van der Waals surface area (Å²) in [5.41, 5.74) is 2.26. The summed E-state index contributed by atoms with van der Waals surface area (Å²) in [4.78, 5) is 12.2. The molecule has 0 bridgehead atoms. The summed E-state index contributed by atoms with van der Waals surface area (Å²) in [5.74, 6) is -0.350. The molecule has 8 heteroatoms. The topological polar surface area (TPSA) is 95.2 Å². The van der Waals surface area contributed by atoms with Crippen molar-refractivity contribution >= 4 is 15.9 Å². The molecule has 1 amide bonds. The van der Waals surface area contributed by atoms with E-state index >= 15 is 0 Å². The first-order chi connectivity index (χ1) is 11.6. The van der Waals surface area contributed by atoms with Gasteiger partial charge < -0.3 is 5.32 Å². The van der Waals surface area contributed by atoms with Crippen LogP contribution in [0.2, 0.25) is 0 Å². The van der Waals surface area contributed by atoms with E-state index in [0.717, 1.165) is 24.0 Å². The zero-order chi connectivity index (χ0) is 17.0. The number of aromatic amines is 1. The Morgan fingerprint density at radius 1 is 1.25 bits per heavy atom. The highest BCUT2D eigenvalue weighted by Crippen LogP contribution is 2.18. The molecule has 0 radical (unpaired) electrons. The first-order valence-electron chi connectivity index (χ1n) is 7.91. The lowest BCUT2D eigenvalue weighted by Gasteiger charge is -2.15. The van der Waals surface area contributed by atoms with E-state index < -0.39 is 10.0 Å². The van der Waals surface area contributed by atoms with Crippen molar-refractivity contribution < 1.29 is 13.2 Å². The van der Waals surface area contributed by atoms with Gasteiger partial charge in [-0.05, 0) is 30.5 Å². The second-order valence-corrected chi connectivity index (χ2v) is 7.83. The van der Waals surface area contributed by atoms with Gasteiger partial charge in [0.05, 0.1) is 11.9 Å². The lowest BCUT2D eigenvalue weighted by Crippen LogP contribution is -2.36. The monoisotopic (exact) mass is 348 g/mol. The van der Waals surface area contributed by atoms with E-state index in [1.807, 2.05) is 6.07 Å². The van der Waals surface area contributed by atoms with Gasteiger partial charge in [0.2, 0.25) is 10.0 Å². The molecule has 1 fully saturated rings. The summed E-state index contributed by atoms with van der Waals surface area (Å²) < 4.78 is 25.7. The predicted octanol–water partition coefficient (Wildman–Crippen LogP) is 1.23. The van der Waals surface area contributed by atoms with Crippen LogP contribution in [0.4, 0.5) is 0 Å². The summed E-state index contributed by atoms with van der Waals surface area (Å²) in [7, 11) is -3.28. The molecule has 1 aromatic heterocycles. The number of carbonyl (C=O) groups excluding carboxylic acids is 1. The number of amides is 1. The summed E-state index contributed by atoms with van der Waals surface area (Å²) >= 11 is 0. The molecule has 1 aliphatic heterocycles. The predicted molar refractivity (Wildman–Crippen MR) is 91.0 cm³/mol. The minimum absolute atomic E-state index is 0.0693. The molecule has 2 N–H and O–H groups in total. The van der Waals surface area contributed by atoms with Gasteiger partial charge in [-0.25, -0.2) is 12.7 Å². The van der Waals surface area contributed by atoms with Crippen LogP contribution >= 0.6 is 0 Å². The number of sulfonamides is 1. The molecule has 1 aliphatic rings. The minimum atomic E-state index is -3.28. The molecule has 7 nitrogen and oxygen atoms in total. The van der Waals surface area contributed by atoms with E-state index in [4.69, 9.17) is 0 Å². The maximum Gasteiger partial charge on any atom is 0.251 e. The second-order valence-electron chi connectivity index (χ2n) is 5.75. The quantitative estimate of drug-likeness (QED) is 0.821. The smallest absolute Gasteiger partial charge is 0.251 e. The number of benzene rings is 1. The Bertz CT molecular complexity index is 796. The summed E-state index contributed by atoms with van der Waals surface area (Å²) in [6, 6.07) is 7.14. The Hall–Kier alpha value is -2.19. The van der Waals surface area contributed by atoms with Crippen LogP contribution in [-0.4, -0.2) is 54.2 Å². The van der Waals surface area contributed by atoms with Gasteiger partial charge in [-0.15, -0.1) is 0 Å². The van der Waals surface area contributed by atoms with Crippen LogP contribution in [0.5, 0.6) is 0 Å². The Morgan fingerprint density at radius 2 is 2.04 bits per heavy atom. The molecule has 0 saturated carbocycles. The normalized spacial score (nSPS) is 15.5. The summed E-state index contributed by atoms with van der Waals surface area (Å²) in [5, 5.41) is 9.31. The van der Waals surface area contributed by atoms with E-state index in [2.05, 4.69) is 15.5 Å². The van der Waals surface area contributed by atoms with E-state index in [-0.39, 0.29) is 18.2 Å². The fraction of sp³-hybridized carbons (Fsp3) is 0.375. The highest BCUT2D eigenvalue weighted by molar-refractivity contribution is 7.89. The van der Waals surface area contributed by atoms with Crippen molar-refractivity contribution in [3.63, 3.8) is 0 Å². The van der Waals surface area contributed by atoms with Crippen molar-refractivity contribution in [2.45, 2.75) is 12.8 Å². The lowest BCUT2D eigenvalue weighted by molar-refractivity contribution is 0.0956. The molecular weight excluding hydrogens is 328 g/mol. The Kier molecular flexibility index (Phi) is 4.96. The molecule has 128 valence electrons. The number of H-pyrrole nitrogens is 1. The van der Waals surface area contributed by atoms with Crippen molar-refractivity contribution in [1.82, 2.24) is 19.8 Å². The van der Waals surface area contributed by atoms with Gasteiger partial charge in [-0.3, -0.25) is 9.89 Å². The van der Waals surface area contributed by atoms with Crippen LogP contribution in [0.25, 0.3) is 11.1 Å². The van der Waals surface area contributed by atoms with Gasteiger partial charge in [0.15, 0.2) is 0 Å². The Morgan fingerprint density at radius 3 is 2.75 bits per heavy atom. The molecule has 0 atom stereocenters. The van der Waals surface area contributed by atoms with Crippen molar-refractivity contribution in [1.29, 1.82) is 0 Å². The fourth-order valence-corrected chi connectivity index (χ4v) is 4.17. The van der Waals surface area contributed by atoms with E-state index in [0.29, 0.717) is 18.7 Å². The number of aromatic nitrogens is 2. The van der Waals surface area contributed by atoms with Gasteiger partial charge in [0, 0.05) is 37.0 Å². The molecule has 0 spiro atoms. The molecule has 0 aliphatic carbocycles. The maximum atomic E-state index is 12.2. The fourth-order valence-electron chi connectivity index (χ4n) is 2.74. The number of rotatable bonds is 6. The Balaban J connectivity index is 1.58. The van der Waals surface area contributed by atoms with Crippen LogP contribution in [0.15, 0.2) is 36.7 Å². The standard InChI is InChI=1S/C16H20N4O3S/c21-16(17-6-9-24(22,23)20-7-1-2-8-20)14-5-3-4-13(10-14)15-11-18-19-12-15/h3-5,10-12H,1-2,6-9H2,(H,17,21)(H,18,19). The van der Waals surface area contributed by atoms with Crippen molar-refractivity contribution in [3.8, 4) is 11.1 Å². The van der Waals surface area contributed by atoms with E-state index in [9.17, 15) is 13.2 Å². The zero-order valence-electron chi connectivity index (χ0n) is 13.2. The molecule has 3 rings (SSSR count). The zero-order valence-corrected chi connectivity index (χ0v) is 14.1. The van der Waals surface area contributed by atoms with Crippen molar-refractivity contribution in [2.24, 2.45) is 0 Å². The van der Waals surface area contributed by atoms with Crippen molar-refractivity contribution in [2.75, 3.05) is 25.4 Å². The van der Waals surface area contributed by atoms with Gasteiger partial charge in [0.25, 0.3) is 5.91 Å². The third-order valence-electron chi connectivity index (χ3n) is 4.06. The van der Waals surface area contributed by atoms with E-state index in [1.165, 1.54) is 4.31 Å². The lowest BCUT2D eigenvalue weighted by atomic mass is 10.1. The molecule has 0 unspecified atom stereocenters. The number of hydrogen-bond acceptors (Lipinski definition) is 4. The highest BCUT2D eigenvalue weighted by atomic mass is 32.2. The van der Waals surface area contributed by atoms with Crippen LogP contribution in [-0.2, 0) is 10.0 Å². The third kappa shape index (κ3) is 3.82. The summed E-state index contributed by atoms with van der Waals surface area (Å²) in [6.45, 7) is 1.28.